The third kappa shape index (κ3) is 3.32. The summed E-state index contributed by atoms with van der Waals surface area (Å²) in [6.07, 6.45) is 0. The van der Waals surface area contributed by atoms with Gasteiger partial charge in [0.1, 0.15) is 0 Å². The second kappa shape index (κ2) is 4.77. The summed E-state index contributed by atoms with van der Waals surface area (Å²) in [4.78, 5) is 14.5. The van der Waals surface area contributed by atoms with Crippen molar-refractivity contribution in [3.8, 4) is 0 Å². The molecule has 4 heteroatoms. The average Bonchev–Trinajstić information content (AvgIpc) is 2.66. The zero-order valence-corrected chi connectivity index (χ0v) is 10.5. The molecule has 1 aromatic heterocycles. The van der Waals surface area contributed by atoms with Crippen LogP contribution < -0.4 is 5.32 Å². The average molecular weight is 226 g/mol. The molecule has 84 valence electrons. The number of amides is 1. The van der Waals surface area contributed by atoms with Crippen molar-refractivity contribution in [2.45, 2.75) is 19.4 Å². The Morgan fingerprint density at radius 2 is 2.20 bits per heavy atom. The number of likely N-dealkylation sites (N-methyl/N-ethyl adjacent to an activating group) is 1. The van der Waals surface area contributed by atoms with Crippen molar-refractivity contribution in [3.05, 3.63) is 22.4 Å². The number of thiophene rings is 1. The lowest BCUT2D eigenvalue weighted by Crippen LogP contribution is -2.48. The summed E-state index contributed by atoms with van der Waals surface area (Å²) < 4.78 is 0. The summed E-state index contributed by atoms with van der Waals surface area (Å²) in [7, 11) is 4.02. The van der Waals surface area contributed by atoms with Gasteiger partial charge in [-0.25, -0.2) is 0 Å². The minimum atomic E-state index is -0.0209. The molecule has 0 aliphatic carbocycles. The molecule has 0 aliphatic rings. The molecule has 0 atom stereocenters. The summed E-state index contributed by atoms with van der Waals surface area (Å²) in [5.41, 5.74) is -0.0209. The van der Waals surface area contributed by atoms with Gasteiger partial charge in [0.05, 0.1) is 4.88 Å². The zero-order valence-electron chi connectivity index (χ0n) is 9.70. The smallest absolute Gasteiger partial charge is 0.261 e. The van der Waals surface area contributed by atoms with Crippen LogP contribution >= 0.6 is 11.3 Å². The van der Waals surface area contributed by atoms with E-state index in [-0.39, 0.29) is 11.4 Å². The van der Waals surface area contributed by atoms with Crippen LogP contribution in [0, 0.1) is 0 Å². The van der Waals surface area contributed by atoms with Crippen molar-refractivity contribution in [2.24, 2.45) is 0 Å². The van der Waals surface area contributed by atoms with Crippen LogP contribution in [0.3, 0.4) is 0 Å². The van der Waals surface area contributed by atoms with Crippen molar-refractivity contribution in [2.75, 3.05) is 20.6 Å². The highest BCUT2D eigenvalue weighted by atomic mass is 32.1. The molecule has 0 saturated carbocycles. The number of carbonyl (C=O) groups excluding carboxylic acids is 1. The number of nitrogens with one attached hydrogen (secondary N) is 1. The van der Waals surface area contributed by atoms with E-state index in [2.05, 4.69) is 24.1 Å². The Balaban J connectivity index is 2.48. The summed E-state index contributed by atoms with van der Waals surface area (Å²) in [6, 6.07) is 3.72. The Labute approximate surface area is 95.1 Å². The molecule has 0 saturated heterocycles. The highest BCUT2D eigenvalue weighted by Crippen LogP contribution is 2.10. The van der Waals surface area contributed by atoms with Crippen molar-refractivity contribution < 1.29 is 4.79 Å². The van der Waals surface area contributed by atoms with Crippen LogP contribution in [-0.2, 0) is 0 Å². The zero-order chi connectivity index (χ0) is 11.5. The fourth-order valence-corrected chi connectivity index (χ4v) is 1.59. The molecule has 1 rings (SSSR count). The fraction of sp³-hybridized carbons (Fsp3) is 0.545. The van der Waals surface area contributed by atoms with Gasteiger partial charge in [0, 0.05) is 12.1 Å². The molecule has 0 aliphatic heterocycles. The maximum atomic E-state index is 11.7. The van der Waals surface area contributed by atoms with E-state index in [0.717, 1.165) is 4.88 Å². The molecule has 0 spiro atoms. The van der Waals surface area contributed by atoms with Crippen molar-refractivity contribution in [1.82, 2.24) is 10.2 Å². The van der Waals surface area contributed by atoms with E-state index in [1.165, 1.54) is 11.3 Å². The minimum absolute atomic E-state index is 0.0138. The van der Waals surface area contributed by atoms with Crippen LogP contribution in [0.15, 0.2) is 17.5 Å². The molecule has 0 unspecified atom stereocenters. The predicted octanol–water partition coefficient (Wildman–Crippen LogP) is 1.82. The van der Waals surface area contributed by atoms with Gasteiger partial charge in [0.15, 0.2) is 0 Å². The van der Waals surface area contributed by atoms with Gasteiger partial charge in [-0.3, -0.25) is 4.79 Å². The number of nitrogens with zero attached hydrogens (tertiary/aromatic N) is 1. The third-order valence-electron chi connectivity index (χ3n) is 2.64. The van der Waals surface area contributed by atoms with Gasteiger partial charge >= 0.3 is 0 Å². The molecular formula is C11H18N2OS. The third-order valence-corrected chi connectivity index (χ3v) is 3.51. The van der Waals surface area contributed by atoms with E-state index in [4.69, 9.17) is 0 Å². The van der Waals surface area contributed by atoms with Crippen molar-refractivity contribution in [3.63, 3.8) is 0 Å². The van der Waals surface area contributed by atoms with E-state index in [1.807, 2.05) is 31.6 Å². The first-order chi connectivity index (χ1) is 6.93. The van der Waals surface area contributed by atoms with Gasteiger partial charge < -0.3 is 10.2 Å². The van der Waals surface area contributed by atoms with Gasteiger partial charge in [-0.1, -0.05) is 6.07 Å². The number of hydrogen-bond donors (Lipinski definition) is 1. The Morgan fingerprint density at radius 3 is 2.67 bits per heavy atom. The van der Waals surface area contributed by atoms with Crippen LogP contribution in [0.5, 0.6) is 0 Å². The largest absolute Gasteiger partial charge is 0.350 e. The summed E-state index contributed by atoms with van der Waals surface area (Å²) in [6.45, 7) is 4.85. The Hall–Kier alpha value is -0.870. The standard InChI is InChI=1S/C11H18N2OS/c1-11(2,13(3)4)8-12-10(14)9-6-5-7-15-9/h5-7H,8H2,1-4H3,(H,12,14). The number of carbonyl (C=O) groups is 1. The molecule has 15 heavy (non-hydrogen) atoms. The molecule has 1 heterocycles. The van der Waals surface area contributed by atoms with E-state index < -0.39 is 0 Å². The maximum absolute atomic E-state index is 11.7. The molecule has 1 aromatic rings. The van der Waals surface area contributed by atoms with Crippen molar-refractivity contribution >= 4 is 17.2 Å². The molecule has 0 aromatic carbocycles. The first kappa shape index (κ1) is 12.2. The van der Waals surface area contributed by atoms with E-state index in [0.29, 0.717) is 6.54 Å². The Bertz CT molecular complexity index is 317. The van der Waals surface area contributed by atoms with Crippen LogP contribution in [-0.4, -0.2) is 37.0 Å². The lowest BCUT2D eigenvalue weighted by Gasteiger charge is -2.32. The van der Waals surface area contributed by atoms with Gasteiger partial charge in [0.25, 0.3) is 5.91 Å². The molecule has 0 fully saturated rings. The topological polar surface area (TPSA) is 32.3 Å². The SMILES string of the molecule is CN(C)C(C)(C)CNC(=O)c1cccs1. The van der Waals surface area contributed by atoms with Crippen LogP contribution in [0.25, 0.3) is 0 Å². The predicted molar refractivity (Wildman–Crippen MR) is 64.4 cm³/mol. The van der Waals surface area contributed by atoms with Crippen LogP contribution in [0.2, 0.25) is 0 Å². The monoisotopic (exact) mass is 226 g/mol. The molecule has 0 bridgehead atoms. The lowest BCUT2D eigenvalue weighted by molar-refractivity contribution is 0.0924. The maximum Gasteiger partial charge on any atom is 0.261 e. The summed E-state index contributed by atoms with van der Waals surface area (Å²) >= 11 is 1.46. The molecule has 1 N–H and O–H groups in total. The second-order valence-corrected chi connectivity index (χ2v) is 5.31. The first-order valence-electron chi connectivity index (χ1n) is 4.92. The van der Waals surface area contributed by atoms with Gasteiger partial charge in [-0.15, -0.1) is 11.3 Å². The molecular weight excluding hydrogens is 208 g/mol. The highest BCUT2D eigenvalue weighted by Gasteiger charge is 2.21. The fourth-order valence-electron chi connectivity index (χ4n) is 0.950. The van der Waals surface area contributed by atoms with Gasteiger partial charge in [-0.2, -0.15) is 0 Å². The van der Waals surface area contributed by atoms with E-state index in [9.17, 15) is 4.79 Å². The second-order valence-electron chi connectivity index (χ2n) is 4.37. The normalized spacial score (nSPS) is 11.8. The van der Waals surface area contributed by atoms with Gasteiger partial charge in [-0.05, 0) is 39.4 Å². The first-order valence-corrected chi connectivity index (χ1v) is 5.80. The quantitative estimate of drug-likeness (QED) is 0.849. The Morgan fingerprint density at radius 1 is 1.53 bits per heavy atom. The molecule has 0 radical (unpaired) electrons. The Kier molecular flexibility index (Phi) is 3.88. The van der Waals surface area contributed by atoms with Gasteiger partial charge in [0.2, 0.25) is 0 Å². The van der Waals surface area contributed by atoms with E-state index in [1.54, 1.807) is 0 Å². The molecule has 1 amide bonds. The number of rotatable bonds is 4. The summed E-state index contributed by atoms with van der Waals surface area (Å²) in [5.74, 6) is 0.0138. The summed E-state index contributed by atoms with van der Waals surface area (Å²) in [5, 5.41) is 4.85. The van der Waals surface area contributed by atoms with Crippen molar-refractivity contribution in [1.29, 1.82) is 0 Å². The number of hydrogen-bond acceptors (Lipinski definition) is 3. The molecule has 3 nitrogen and oxygen atoms in total. The highest BCUT2D eigenvalue weighted by molar-refractivity contribution is 7.12. The van der Waals surface area contributed by atoms with Crippen LogP contribution in [0.1, 0.15) is 23.5 Å². The minimum Gasteiger partial charge on any atom is -0.350 e. The lowest BCUT2D eigenvalue weighted by atomic mass is 10.0. The van der Waals surface area contributed by atoms with Crippen LogP contribution in [0.4, 0.5) is 0 Å². The van der Waals surface area contributed by atoms with E-state index >= 15 is 0 Å².